The summed E-state index contributed by atoms with van der Waals surface area (Å²) < 4.78 is 0. The average Bonchev–Trinajstić information content (AvgIpc) is 2.48. The van der Waals surface area contributed by atoms with Gasteiger partial charge in [-0.1, -0.05) is 30.3 Å². The summed E-state index contributed by atoms with van der Waals surface area (Å²) >= 11 is 0. The maximum Gasteiger partial charge on any atom is 0.354 e. The Hall–Kier alpha value is -2.69. The minimum absolute atomic E-state index is 0.138. The molecule has 2 N–H and O–H groups in total. The van der Waals surface area contributed by atoms with E-state index in [-0.39, 0.29) is 11.6 Å². The fraction of sp³-hybridized carbons (Fsp3) is 0.133. The number of rotatable bonds is 5. The number of carbonyl (C=O) groups is 2. The van der Waals surface area contributed by atoms with Crippen molar-refractivity contribution < 1.29 is 14.7 Å². The van der Waals surface area contributed by atoms with Gasteiger partial charge in [0.15, 0.2) is 0 Å². The van der Waals surface area contributed by atoms with Crippen LogP contribution in [0.25, 0.3) is 0 Å². The molecule has 0 saturated heterocycles. The molecule has 1 aromatic carbocycles. The largest absolute Gasteiger partial charge is 0.477 e. The molecule has 1 heterocycles. The van der Waals surface area contributed by atoms with Crippen LogP contribution in [0.15, 0.2) is 48.7 Å². The van der Waals surface area contributed by atoms with E-state index in [9.17, 15) is 9.59 Å². The minimum Gasteiger partial charge on any atom is -0.477 e. The normalized spacial score (nSPS) is 10.0. The maximum atomic E-state index is 11.9. The monoisotopic (exact) mass is 270 g/mol. The Morgan fingerprint density at radius 1 is 1.15 bits per heavy atom. The summed E-state index contributed by atoms with van der Waals surface area (Å²) in [5.74, 6) is -1.45. The molecule has 0 aliphatic heterocycles. The second-order valence-corrected chi connectivity index (χ2v) is 4.23. The van der Waals surface area contributed by atoms with Crippen molar-refractivity contribution in [2.24, 2.45) is 0 Å². The number of aromatic nitrogens is 1. The van der Waals surface area contributed by atoms with Crippen molar-refractivity contribution in [1.29, 1.82) is 0 Å². The topological polar surface area (TPSA) is 79.3 Å². The van der Waals surface area contributed by atoms with Gasteiger partial charge in [-0.05, 0) is 24.1 Å². The first-order valence-corrected chi connectivity index (χ1v) is 6.18. The Morgan fingerprint density at radius 3 is 2.60 bits per heavy atom. The molecule has 0 aliphatic rings. The van der Waals surface area contributed by atoms with Crippen LogP contribution in [0.3, 0.4) is 0 Å². The molecule has 0 radical (unpaired) electrons. The van der Waals surface area contributed by atoms with E-state index >= 15 is 0 Å². The summed E-state index contributed by atoms with van der Waals surface area (Å²) in [5.41, 5.74) is 1.29. The number of hydrogen-bond donors (Lipinski definition) is 2. The molecule has 1 amide bonds. The SMILES string of the molecule is O=C(NCCc1ccccc1)c1ccnc(C(=O)O)c1. The average molecular weight is 270 g/mol. The third-order valence-electron chi connectivity index (χ3n) is 2.78. The second kappa shape index (κ2) is 6.47. The van der Waals surface area contributed by atoms with Crippen molar-refractivity contribution in [3.05, 3.63) is 65.5 Å². The van der Waals surface area contributed by atoms with Gasteiger partial charge in [0, 0.05) is 18.3 Å². The van der Waals surface area contributed by atoms with E-state index in [1.807, 2.05) is 30.3 Å². The quantitative estimate of drug-likeness (QED) is 0.867. The zero-order chi connectivity index (χ0) is 14.4. The van der Waals surface area contributed by atoms with Gasteiger partial charge in [-0.15, -0.1) is 0 Å². The predicted octanol–water partition coefficient (Wildman–Crippen LogP) is 1.75. The first-order valence-electron chi connectivity index (χ1n) is 6.18. The van der Waals surface area contributed by atoms with E-state index in [0.717, 1.165) is 12.0 Å². The number of aromatic carboxylic acids is 1. The van der Waals surface area contributed by atoms with Crippen LogP contribution in [0.4, 0.5) is 0 Å². The summed E-state index contributed by atoms with van der Waals surface area (Å²) in [5, 5.41) is 11.6. The highest BCUT2D eigenvalue weighted by Gasteiger charge is 2.10. The number of carboxylic acid groups (broad SMARTS) is 1. The van der Waals surface area contributed by atoms with E-state index in [4.69, 9.17) is 5.11 Å². The third-order valence-corrected chi connectivity index (χ3v) is 2.78. The molecular weight excluding hydrogens is 256 g/mol. The van der Waals surface area contributed by atoms with Crippen molar-refractivity contribution in [2.45, 2.75) is 6.42 Å². The lowest BCUT2D eigenvalue weighted by Crippen LogP contribution is -2.26. The lowest BCUT2D eigenvalue weighted by molar-refractivity contribution is 0.0690. The Kier molecular flexibility index (Phi) is 4.44. The Bertz CT molecular complexity index is 612. The summed E-state index contributed by atoms with van der Waals surface area (Å²) in [6.45, 7) is 0.494. The molecule has 2 aromatic rings. The van der Waals surface area contributed by atoms with Gasteiger partial charge in [-0.3, -0.25) is 4.79 Å². The maximum absolute atomic E-state index is 11.9. The number of benzene rings is 1. The first kappa shape index (κ1) is 13.7. The lowest BCUT2D eigenvalue weighted by atomic mass is 10.1. The molecule has 20 heavy (non-hydrogen) atoms. The van der Waals surface area contributed by atoms with Crippen molar-refractivity contribution in [3.63, 3.8) is 0 Å². The van der Waals surface area contributed by atoms with E-state index in [2.05, 4.69) is 10.3 Å². The summed E-state index contributed by atoms with van der Waals surface area (Å²) in [6.07, 6.45) is 2.04. The number of pyridine rings is 1. The number of nitrogens with one attached hydrogen (secondary N) is 1. The fourth-order valence-corrected chi connectivity index (χ4v) is 1.76. The number of nitrogens with zero attached hydrogens (tertiary/aromatic N) is 1. The Balaban J connectivity index is 1.92. The van der Waals surface area contributed by atoms with Crippen LogP contribution in [-0.4, -0.2) is 28.5 Å². The molecule has 0 unspecified atom stereocenters. The number of carboxylic acids is 1. The van der Waals surface area contributed by atoms with Gasteiger partial charge >= 0.3 is 5.97 Å². The molecule has 102 valence electrons. The van der Waals surface area contributed by atoms with Crippen molar-refractivity contribution in [2.75, 3.05) is 6.54 Å². The Morgan fingerprint density at radius 2 is 1.90 bits per heavy atom. The van der Waals surface area contributed by atoms with Crippen molar-refractivity contribution >= 4 is 11.9 Å². The first-order chi connectivity index (χ1) is 9.66. The van der Waals surface area contributed by atoms with Crippen LogP contribution in [-0.2, 0) is 6.42 Å². The van der Waals surface area contributed by atoms with E-state index < -0.39 is 5.97 Å². The summed E-state index contributed by atoms with van der Waals surface area (Å²) in [4.78, 5) is 26.3. The molecule has 0 saturated carbocycles. The van der Waals surface area contributed by atoms with Crippen LogP contribution < -0.4 is 5.32 Å². The highest BCUT2D eigenvalue weighted by atomic mass is 16.4. The summed E-state index contributed by atoms with van der Waals surface area (Å²) in [6, 6.07) is 12.6. The molecule has 0 bridgehead atoms. The fourth-order valence-electron chi connectivity index (χ4n) is 1.76. The molecular formula is C15H14N2O3. The molecule has 2 rings (SSSR count). The lowest BCUT2D eigenvalue weighted by Gasteiger charge is -2.05. The number of carbonyl (C=O) groups excluding carboxylic acids is 1. The van der Waals surface area contributed by atoms with Crippen LogP contribution in [0.2, 0.25) is 0 Å². The van der Waals surface area contributed by atoms with E-state index in [1.54, 1.807) is 0 Å². The van der Waals surface area contributed by atoms with Crippen molar-refractivity contribution in [1.82, 2.24) is 10.3 Å². The molecule has 5 heteroatoms. The van der Waals surface area contributed by atoms with E-state index in [0.29, 0.717) is 12.1 Å². The standard InChI is InChI=1S/C15H14N2O3/c18-14(12-7-9-16-13(10-12)15(19)20)17-8-6-11-4-2-1-3-5-11/h1-5,7,9-10H,6,8H2,(H,17,18)(H,19,20). The number of hydrogen-bond acceptors (Lipinski definition) is 3. The van der Waals surface area contributed by atoms with Crippen molar-refractivity contribution in [3.8, 4) is 0 Å². The second-order valence-electron chi connectivity index (χ2n) is 4.23. The zero-order valence-corrected chi connectivity index (χ0v) is 10.7. The smallest absolute Gasteiger partial charge is 0.354 e. The predicted molar refractivity (Wildman–Crippen MR) is 73.7 cm³/mol. The molecule has 0 fully saturated rings. The highest BCUT2D eigenvalue weighted by Crippen LogP contribution is 2.03. The van der Waals surface area contributed by atoms with Gasteiger partial charge < -0.3 is 10.4 Å². The minimum atomic E-state index is -1.15. The van der Waals surface area contributed by atoms with Gasteiger partial charge in [0.1, 0.15) is 5.69 Å². The molecule has 0 aliphatic carbocycles. The summed E-state index contributed by atoms with van der Waals surface area (Å²) in [7, 11) is 0. The van der Waals surface area contributed by atoms with Gasteiger partial charge in [-0.25, -0.2) is 9.78 Å². The van der Waals surface area contributed by atoms with Gasteiger partial charge in [0.25, 0.3) is 5.91 Å². The Labute approximate surface area is 116 Å². The van der Waals surface area contributed by atoms with Crippen LogP contribution in [0.1, 0.15) is 26.4 Å². The molecule has 1 aromatic heterocycles. The van der Waals surface area contributed by atoms with Crippen LogP contribution >= 0.6 is 0 Å². The van der Waals surface area contributed by atoms with Gasteiger partial charge in [0.05, 0.1) is 0 Å². The van der Waals surface area contributed by atoms with E-state index in [1.165, 1.54) is 18.3 Å². The van der Waals surface area contributed by atoms with Gasteiger partial charge in [-0.2, -0.15) is 0 Å². The third kappa shape index (κ3) is 3.65. The molecule has 0 atom stereocenters. The molecule has 5 nitrogen and oxygen atoms in total. The van der Waals surface area contributed by atoms with Crippen LogP contribution in [0, 0.1) is 0 Å². The highest BCUT2D eigenvalue weighted by molar-refractivity contribution is 5.96. The molecule has 0 spiro atoms. The van der Waals surface area contributed by atoms with Gasteiger partial charge in [0.2, 0.25) is 0 Å². The number of amides is 1. The van der Waals surface area contributed by atoms with Crippen LogP contribution in [0.5, 0.6) is 0 Å². The zero-order valence-electron chi connectivity index (χ0n) is 10.7.